The smallest absolute Gasteiger partial charge is 0.411 e. The van der Waals surface area contributed by atoms with Crippen molar-refractivity contribution in [2.24, 2.45) is 0 Å². The molecule has 0 aromatic carbocycles. The lowest BCUT2D eigenvalue weighted by Crippen LogP contribution is -2.26. The summed E-state index contributed by atoms with van der Waals surface area (Å²) in [5.41, 5.74) is 0. The van der Waals surface area contributed by atoms with Crippen LogP contribution in [0.5, 0.6) is 0 Å². The van der Waals surface area contributed by atoms with Gasteiger partial charge < -0.3 is 14.2 Å². The molecule has 0 rings (SSSR count). The van der Waals surface area contributed by atoms with Crippen LogP contribution in [0.25, 0.3) is 0 Å². The Morgan fingerprint density at radius 1 is 1.40 bits per heavy atom. The lowest BCUT2D eigenvalue weighted by molar-refractivity contribution is -0.189. The van der Waals surface area contributed by atoms with E-state index in [2.05, 4.69) is 14.2 Å². The minimum absolute atomic E-state index is 0.224. The molecule has 0 saturated carbocycles. The number of hydrogen-bond acceptors (Lipinski definition) is 4. The quantitative estimate of drug-likeness (QED) is 0.642. The van der Waals surface area contributed by atoms with Crippen LogP contribution in [0.1, 0.15) is 6.92 Å². The third-order valence-corrected chi connectivity index (χ3v) is 1.27. The Balaban J connectivity index is 3.57. The number of carbonyl (C=O) groups excluding carboxylic acids is 1. The highest BCUT2D eigenvalue weighted by Crippen LogP contribution is 2.15. The van der Waals surface area contributed by atoms with Gasteiger partial charge in [-0.1, -0.05) is 0 Å². The number of alkyl halides is 3. The summed E-state index contributed by atoms with van der Waals surface area (Å²) in [5.74, 6) is -0.639. The summed E-state index contributed by atoms with van der Waals surface area (Å²) < 4.78 is 48.4. The zero-order valence-electron chi connectivity index (χ0n) is 8.47. The maximum atomic E-state index is 11.7. The Morgan fingerprint density at radius 2 is 2.00 bits per heavy atom. The molecule has 7 heteroatoms. The first-order chi connectivity index (χ1) is 6.85. The standard InChI is InChI=1S/C8H13F3O4/c1-6(15-5-8(9,10)11)3-14-7(12)4-13-2/h6H,3-5H2,1-2H3. The molecule has 4 nitrogen and oxygen atoms in total. The molecule has 90 valence electrons. The second kappa shape index (κ2) is 6.62. The first kappa shape index (κ1) is 14.2. The van der Waals surface area contributed by atoms with Gasteiger partial charge in [-0.05, 0) is 6.92 Å². The molecule has 0 fully saturated rings. The van der Waals surface area contributed by atoms with E-state index in [-0.39, 0.29) is 13.2 Å². The average molecular weight is 230 g/mol. The fourth-order valence-electron chi connectivity index (χ4n) is 0.655. The summed E-state index contributed by atoms with van der Waals surface area (Å²) in [6.45, 7) is -0.425. The Hall–Kier alpha value is -0.820. The molecule has 15 heavy (non-hydrogen) atoms. The Labute approximate surface area is 85.3 Å². The van der Waals surface area contributed by atoms with E-state index < -0.39 is 24.9 Å². The van der Waals surface area contributed by atoms with Crippen LogP contribution < -0.4 is 0 Å². The first-order valence-electron chi connectivity index (χ1n) is 4.18. The van der Waals surface area contributed by atoms with Crippen molar-refractivity contribution < 1.29 is 32.2 Å². The van der Waals surface area contributed by atoms with Crippen LogP contribution in [-0.2, 0) is 19.0 Å². The van der Waals surface area contributed by atoms with Crippen LogP contribution in [-0.4, -0.2) is 45.2 Å². The van der Waals surface area contributed by atoms with Crippen LogP contribution >= 0.6 is 0 Å². The van der Waals surface area contributed by atoms with Gasteiger partial charge in [0.25, 0.3) is 0 Å². The van der Waals surface area contributed by atoms with Gasteiger partial charge >= 0.3 is 12.1 Å². The molecule has 0 amide bonds. The molecular formula is C8H13F3O4. The van der Waals surface area contributed by atoms with Gasteiger partial charge in [-0.15, -0.1) is 0 Å². The van der Waals surface area contributed by atoms with Crippen LogP contribution in [0.3, 0.4) is 0 Å². The summed E-state index contributed by atoms with van der Waals surface area (Å²) in [4.78, 5) is 10.7. The Kier molecular flexibility index (Phi) is 6.26. The largest absolute Gasteiger partial charge is 0.461 e. The number of halogens is 3. The van der Waals surface area contributed by atoms with Crippen molar-refractivity contribution in [1.29, 1.82) is 0 Å². The SMILES string of the molecule is COCC(=O)OCC(C)OCC(F)(F)F. The van der Waals surface area contributed by atoms with Crippen molar-refractivity contribution in [2.75, 3.05) is 26.9 Å². The summed E-state index contributed by atoms with van der Waals surface area (Å²) in [6, 6.07) is 0. The van der Waals surface area contributed by atoms with Gasteiger partial charge in [-0.2, -0.15) is 13.2 Å². The molecule has 0 aliphatic rings. The van der Waals surface area contributed by atoms with Gasteiger partial charge in [0.05, 0.1) is 6.10 Å². The van der Waals surface area contributed by atoms with Gasteiger partial charge in [-0.25, -0.2) is 4.79 Å². The van der Waals surface area contributed by atoms with Crippen LogP contribution in [0, 0.1) is 0 Å². The van der Waals surface area contributed by atoms with E-state index in [1.165, 1.54) is 14.0 Å². The molecule has 0 heterocycles. The molecule has 0 radical (unpaired) electrons. The summed E-state index contributed by atoms with van der Waals surface area (Å²) >= 11 is 0. The average Bonchev–Trinajstić information content (AvgIpc) is 2.11. The summed E-state index contributed by atoms with van der Waals surface area (Å²) in [7, 11) is 1.31. The highest BCUT2D eigenvalue weighted by Gasteiger charge is 2.28. The summed E-state index contributed by atoms with van der Waals surface area (Å²) in [5, 5.41) is 0. The number of hydrogen-bond donors (Lipinski definition) is 0. The van der Waals surface area contributed by atoms with Gasteiger partial charge in [0.15, 0.2) is 0 Å². The second-order valence-electron chi connectivity index (χ2n) is 2.85. The second-order valence-corrected chi connectivity index (χ2v) is 2.85. The number of methoxy groups -OCH3 is 1. The normalized spacial score (nSPS) is 13.7. The lowest BCUT2D eigenvalue weighted by Gasteiger charge is -2.14. The van der Waals surface area contributed by atoms with E-state index in [1.807, 2.05) is 0 Å². The predicted molar refractivity (Wildman–Crippen MR) is 44.3 cm³/mol. The highest BCUT2D eigenvalue weighted by molar-refractivity contribution is 5.70. The number of carbonyl (C=O) groups is 1. The molecule has 0 aromatic rings. The van der Waals surface area contributed by atoms with Gasteiger partial charge in [0, 0.05) is 7.11 Å². The number of rotatable bonds is 6. The maximum Gasteiger partial charge on any atom is 0.411 e. The number of ether oxygens (including phenoxy) is 3. The van der Waals surface area contributed by atoms with E-state index in [4.69, 9.17) is 0 Å². The first-order valence-corrected chi connectivity index (χ1v) is 4.18. The molecule has 0 aliphatic heterocycles. The van der Waals surface area contributed by atoms with E-state index in [0.717, 1.165) is 0 Å². The van der Waals surface area contributed by atoms with Crippen molar-refractivity contribution in [3.8, 4) is 0 Å². The minimum atomic E-state index is -4.37. The minimum Gasteiger partial charge on any atom is -0.461 e. The topological polar surface area (TPSA) is 44.8 Å². The molecule has 0 N–H and O–H groups in total. The van der Waals surface area contributed by atoms with Crippen molar-refractivity contribution >= 4 is 5.97 Å². The third kappa shape index (κ3) is 9.48. The van der Waals surface area contributed by atoms with Crippen LogP contribution in [0.4, 0.5) is 13.2 Å². The zero-order chi connectivity index (χ0) is 11.9. The van der Waals surface area contributed by atoms with Gasteiger partial charge in [-0.3, -0.25) is 0 Å². The zero-order valence-corrected chi connectivity index (χ0v) is 8.47. The molecule has 0 aliphatic carbocycles. The van der Waals surface area contributed by atoms with Gasteiger partial charge in [0.1, 0.15) is 19.8 Å². The van der Waals surface area contributed by atoms with E-state index in [0.29, 0.717) is 0 Å². The van der Waals surface area contributed by atoms with Crippen molar-refractivity contribution in [3.05, 3.63) is 0 Å². The van der Waals surface area contributed by atoms with E-state index >= 15 is 0 Å². The predicted octanol–water partition coefficient (Wildman–Crippen LogP) is 1.14. The monoisotopic (exact) mass is 230 g/mol. The van der Waals surface area contributed by atoms with E-state index in [1.54, 1.807) is 0 Å². The van der Waals surface area contributed by atoms with Crippen molar-refractivity contribution in [3.63, 3.8) is 0 Å². The van der Waals surface area contributed by atoms with Gasteiger partial charge in [0.2, 0.25) is 0 Å². The molecule has 0 bridgehead atoms. The molecular weight excluding hydrogens is 217 g/mol. The summed E-state index contributed by atoms with van der Waals surface area (Å²) in [6.07, 6.45) is -5.17. The fraction of sp³-hybridized carbons (Fsp3) is 0.875. The lowest BCUT2D eigenvalue weighted by atomic mass is 10.4. The van der Waals surface area contributed by atoms with Crippen molar-refractivity contribution in [2.45, 2.75) is 19.2 Å². The maximum absolute atomic E-state index is 11.7. The van der Waals surface area contributed by atoms with Crippen LogP contribution in [0.15, 0.2) is 0 Å². The third-order valence-electron chi connectivity index (χ3n) is 1.27. The molecule has 1 atom stereocenters. The molecule has 0 aromatic heterocycles. The molecule has 0 spiro atoms. The Morgan fingerprint density at radius 3 is 2.47 bits per heavy atom. The Bertz CT molecular complexity index is 193. The number of esters is 1. The fourth-order valence-corrected chi connectivity index (χ4v) is 0.655. The highest BCUT2D eigenvalue weighted by atomic mass is 19.4. The van der Waals surface area contributed by atoms with Crippen molar-refractivity contribution in [1.82, 2.24) is 0 Å². The van der Waals surface area contributed by atoms with E-state index in [9.17, 15) is 18.0 Å². The molecule has 1 unspecified atom stereocenters. The van der Waals surface area contributed by atoms with Crippen LogP contribution in [0.2, 0.25) is 0 Å². The molecule has 0 saturated heterocycles.